The molecule has 0 bridgehead atoms. The van der Waals surface area contributed by atoms with Crippen LogP contribution in [0.3, 0.4) is 0 Å². The first-order valence-electron chi connectivity index (χ1n) is 4.19. The lowest BCUT2D eigenvalue weighted by Gasteiger charge is -2.06. The van der Waals surface area contributed by atoms with Gasteiger partial charge in [-0.25, -0.2) is 0 Å². The molecule has 0 aliphatic heterocycles. The monoisotopic (exact) mass is 262 g/mol. The summed E-state index contributed by atoms with van der Waals surface area (Å²) in [5, 5.41) is 1.76. The summed E-state index contributed by atoms with van der Waals surface area (Å²) in [7, 11) is 0. The van der Waals surface area contributed by atoms with Crippen LogP contribution in [0, 0.1) is 6.92 Å². The third-order valence-electron chi connectivity index (χ3n) is 1.68. The summed E-state index contributed by atoms with van der Waals surface area (Å²) in [4.78, 5) is 0. The van der Waals surface area contributed by atoms with E-state index in [2.05, 4.69) is 15.9 Å². The highest BCUT2D eigenvalue weighted by Gasteiger charge is 1.97. The molecule has 0 saturated heterocycles. The number of aryl methyl sites for hydroxylation is 1. The Bertz CT molecular complexity index is 276. The molecule has 1 aromatic rings. The van der Waals surface area contributed by atoms with Crippen LogP contribution in [0.4, 0.5) is 0 Å². The van der Waals surface area contributed by atoms with Crippen molar-refractivity contribution in [3.63, 3.8) is 0 Å². The number of halogens is 2. The predicted molar refractivity (Wildman–Crippen MR) is 60.1 cm³/mol. The zero-order chi connectivity index (χ0) is 9.68. The van der Waals surface area contributed by atoms with Crippen LogP contribution in [-0.2, 0) is 0 Å². The molecule has 0 unspecified atom stereocenters. The smallest absolute Gasteiger partial charge is 0.119 e. The maximum Gasteiger partial charge on any atom is 0.119 e. The number of ether oxygens (including phenoxy) is 1. The van der Waals surface area contributed by atoms with Gasteiger partial charge in [0, 0.05) is 10.4 Å². The van der Waals surface area contributed by atoms with Crippen LogP contribution in [0.1, 0.15) is 12.0 Å². The van der Waals surface area contributed by atoms with Gasteiger partial charge >= 0.3 is 0 Å². The van der Waals surface area contributed by atoms with Crippen LogP contribution in [0.5, 0.6) is 5.75 Å². The molecule has 13 heavy (non-hydrogen) atoms. The molecule has 0 saturated carbocycles. The maximum atomic E-state index is 5.88. The van der Waals surface area contributed by atoms with Gasteiger partial charge in [0.25, 0.3) is 0 Å². The molecule has 0 atom stereocenters. The molecule has 1 aromatic carbocycles. The summed E-state index contributed by atoms with van der Waals surface area (Å²) in [5.74, 6) is 0.892. The van der Waals surface area contributed by atoms with E-state index in [1.54, 1.807) is 0 Å². The minimum Gasteiger partial charge on any atom is -0.494 e. The van der Waals surface area contributed by atoms with E-state index in [1.165, 1.54) is 0 Å². The Morgan fingerprint density at radius 1 is 1.46 bits per heavy atom. The van der Waals surface area contributed by atoms with Gasteiger partial charge in [-0.15, -0.1) is 0 Å². The molecule has 0 spiro atoms. The molecule has 0 aliphatic carbocycles. The third kappa shape index (κ3) is 3.57. The van der Waals surface area contributed by atoms with Gasteiger partial charge in [0.1, 0.15) is 5.75 Å². The third-order valence-corrected chi connectivity index (χ3v) is 2.66. The van der Waals surface area contributed by atoms with Crippen molar-refractivity contribution in [1.82, 2.24) is 0 Å². The molecule has 3 heteroatoms. The van der Waals surface area contributed by atoms with Crippen LogP contribution in [0.25, 0.3) is 0 Å². The molecular formula is C10H12BrClO. The van der Waals surface area contributed by atoms with Gasteiger partial charge < -0.3 is 4.74 Å². The number of benzene rings is 1. The van der Waals surface area contributed by atoms with Gasteiger partial charge in [0.05, 0.1) is 6.61 Å². The second-order valence-electron chi connectivity index (χ2n) is 2.80. The number of alkyl halides is 1. The minimum absolute atomic E-state index is 0.742. The average molecular weight is 264 g/mol. The summed E-state index contributed by atoms with van der Waals surface area (Å²) < 4.78 is 5.49. The number of hydrogen-bond acceptors (Lipinski definition) is 1. The molecule has 0 heterocycles. The molecule has 0 N–H and O–H groups in total. The first-order chi connectivity index (χ1) is 6.24. The fraction of sp³-hybridized carbons (Fsp3) is 0.400. The van der Waals surface area contributed by atoms with Gasteiger partial charge in [-0.3, -0.25) is 0 Å². The van der Waals surface area contributed by atoms with E-state index >= 15 is 0 Å². The Balaban J connectivity index is 2.53. The average Bonchev–Trinajstić information content (AvgIpc) is 2.12. The first kappa shape index (κ1) is 10.9. The van der Waals surface area contributed by atoms with Crippen molar-refractivity contribution in [3.05, 3.63) is 28.8 Å². The van der Waals surface area contributed by atoms with E-state index in [0.29, 0.717) is 0 Å². The zero-order valence-corrected chi connectivity index (χ0v) is 9.86. The van der Waals surface area contributed by atoms with Gasteiger partial charge in [-0.2, -0.15) is 0 Å². The fourth-order valence-electron chi connectivity index (χ4n) is 0.952. The van der Waals surface area contributed by atoms with E-state index in [9.17, 15) is 0 Å². The lowest BCUT2D eigenvalue weighted by atomic mass is 10.2. The van der Waals surface area contributed by atoms with Crippen molar-refractivity contribution < 1.29 is 4.74 Å². The first-order valence-corrected chi connectivity index (χ1v) is 5.69. The van der Waals surface area contributed by atoms with Crippen LogP contribution in [-0.4, -0.2) is 11.9 Å². The summed E-state index contributed by atoms with van der Waals surface area (Å²) in [5.41, 5.74) is 1.05. The molecule has 0 radical (unpaired) electrons. The molecule has 72 valence electrons. The second kappa shape index (κ2) is 5.51. The Kier molecular flexibility index (Phi) is 4.60. The Hall–Kier alpha value is -0.210. The van der Waals surface area contributed by atoms with Crippen molar-refractivity contribution in [3.8, 4) is 5.75 Å². The van der Waals surface area contributed by atoms with Crippen molar-refractivity contribution in [2.45, 2.75) is 13.3 Å². The van der Waals surface area contributed by atoms with Crippen LogP contribution < -0.4 is 4.74 Å². The minimum atomic E-state index is 0.742. The van der Waals surface area contributed by atoms with E-state index in [4.69, 9.17) is 16.3 Å². The van der Waals surface area contributed by atoms with Crippen molar-refractivity contribution in [2.24, 2.45) is 0 Å². The Labute approximate surface area is 92.2 Å². The number of rotatable bonds is 4. The van der Waals surface area contributed by atoms with Crippen molar-refractivity contribution in [1.29, 1.82) is 0 Å². The van der Waals surface area contributed by atoms with Gasteiger partial charge in [0.15, 0.2) is 0 Å². The highest BCUT2D eigenvalue weighted by atomic mass is 79.9. The van der Waals surface area contributed by atoms with Crippen LogP contribution >= 0.6 is 27.5 Å². The Morgan fingerprint density at radius 2 is 2.23 bits per heavy atom. The fourth-order valence-corrected chi connectivity index (χ4v) is 1.30. The molecule has 1 nitrogen and oxygen atoms in total. The Morgan fingerprint density at radius 3 is 2.85 bits per heavy atom. The van der Waals surface area contributed by atoms with E-state index < -0.39 is 0 Å². The van der Waals surface area contributed by atoms with Gasteiger partial charge in [-0.1, -0.05) is 27.5 Å². The summed E-state index contributed by atoms with van der Waals surface area (Å²) >= 11 is 9.23. The largest absolute Gasteiger partial charge is 0.494 e. The quantitative estimate of drug-likeness (QED) is 0.593. The van der Waals surface area contributed by atoms with Crippen molar-refractivity contribution >= 4 is 27.5 Å². The topological polar surface area (TPSA) is 9.23 Å². The van der Waals surface area contributed by atoms with Gasteiger partial charge in [-0.05, 0) is 37.1 Å². The highest BCUT2D eigenvalue weighted by Crippen LogP contribution is 2.20. The van der Waals surface area contributed by atoms with Gasteiger partial charge in [0.2, 0.25) is 0 Å². The molecule has 0 aromatic heterocycles. The standard InChI is InChI=1S/C10H12BrClO/c1-8-7-9(3-4-10(8)12)13-6-2-5-11/h3-4,7H,2,5-6H2,1H3. The van der Waals surface area contributed by atoms with Crippen LogP contribution in [0.2, 0.25) is 5.02 Å². The second-order valence-corrected chi connectivity index (χ2v) is 4.00. The SMILES string of the molecule is Cc1cc(OCCCBr)ccc1Cl. The lowest BCUT2D eigenvalue weighted by molar-refractivity contribution is 0.319. The highest BCUT2D eigenvalue weighted by molar-refractivity contribution is 9.09. The molecular weight excluding hydrogens is 251 g/mol. The zero-order valence-electron chi connectivity index (χ0n) is 7.52. The summed E-state index contributed by atoms with van der Waals surface area (Å²) in [6, 6.07) is 5.71. The molecule has 0 fully saturated rings. The van der Waals surface area contributed by atoms with E-state index in [0.717, 1.165) is 34.7 Å². The normalized spacial score (nSPS) is 10.1. The maximum absolute atomic E-state index is 5.88. The van der Waals surface area contributed by atoms with E-state index in [-0.39, 0.29) is 0 Å². The number of hydrogen-bond donors (Lipinski definition) is 0. The predicted octanol–water partition coefficient (Wildman–Crippen LogP) is 3.81. The molecule has 0 aliphatic rings. The van der Waals surface area contributed by atoms with Crippen molar-refractivity contribution in [2.75, 3.05) is 11.9 Å². The van der Waals surface area contributed by atoms with Crippen LogP contribution in [0.15, 0.2) is 18.2 Å². The summed E-state index contributed by atoms with van der Waals surface area (Å²) in [6.07, 6.45) is 1.02. The van der Waals surface area contributed by atoms with E-state index in [1.807, 2.05) is 25.1 Å². The summed E-state index contributed by atoms with van der Waals surface area (Å²) in [6.45, 7) is 2.71. The molecule has 1 rings (SSSR count). The lowest BCUT2D eigenvalue weighted by Crippen LogP contribution is -1.97. The molecule has 0 amide bonds.